The lowest BCUT2D eigenvalue weighted by Gasteiger charge is -2.28. The highest BCUT2D eigenvalue weighted by molar-refractivity contribution is 5.52. The Labute approximate surface area is 116 Å². The monoisotopic (exact) mass is 277 g/mol. The van der Waals surface area contributed by atoms with Crippen molar-refractivity contribution < 1.29 is 14.4 Å². The molecule has 2 rings (SSSR count). The first-order chi connectivity index (χ1) is 9.60. The number of hydrogen-bond acceptors (Lipinski definition) is 6. The fraction of sp³-hybridized carbons (Fsp3) is 0.462. The summed E-state index contributed by atoms with van der Waals surface area (Å²) in [5.41, 5.74) is -0.229. The van der Waals surface area contributed by atoms with Gasteiger partial charge < -0.3 is 14.8 Å². The Morgan fingerprint density at radius 1 is 1.60 bits per heavy atom. The molecule has 106 valence electrons. The Kier molecular flexibility index (Phi) is 4.50. The van der Waals surface area contributed by atoms with Gasteiger partial charge in [0.2, 0.25) is 0 Å². The van der Waals surface area contributed by atoms with Crippen LogP contribution >= 0.6 is 0 Å². The fourth-order valence-electron chi connectivity index (χ4n) is 2.01. The fourth-order valence-corrected chi connectivity index (χ4v) is 2.01. The van der Waals surface area contributed by atoms with Crippen molar-refractivity contribution in [3.8, 4) is 11.8 Å². The summed E-state index contributed by atoms with van der Waals surface area (Å²) in [6.07, 6.45) is 0.0587. The summed E-state index contributed by atoms with van der Waals surface area (Å²) in [6, 6.07) is 5.93. The van der Waals surface area contributed by atoms with E-state index in [1.165, 1.54) is 18.2 Å². The maximum Gasteiger partial charge on any atom is 0.287 e. The topological polar surface area (TPSA) is 97.4 Å². The van der Waals surface area contributed by atoms with Crippen molar-refractivity contribution in [2.45, 2.75) is 19.1 Å². The molecule has 1 aliphatic rings. The van der Waals surface area contributed by atoms with Crippen LogP contribution in [0.4, 0.5) is 5.69 Å². The van der Waals surface area contributed by atoms with E-state index < -0.39 is 4.92 Å². The number of nitriles is 1. The normalized spacial score (nSPS) is 22.0. The smallest absolute Gasteiger partial charge is 0.287 e. The molecule has 7 nitrogen and oxygen atoms in total. The van der Waals surface area contributed by atoms with Crippen LogP contribution in [0.3, 0.4) is 0 Å². The second-order valence-electron chi connectivity index (χ2n) is 4.59. The molecule has 1 heterocycles. The Balaban J connectivity index is 2.00. The number of benzene rings is 1. The molecule has 1 aliphatic heterocycles. The van der Waals surface area contributed by atoms with Gasteiger partial charge in [-0.05, 0) is 13.0 Å². The zero-order valence-electron chi connectivity index (χ0n) is 11.0. The lowest BCUT2D eigenvalue weighted by molar-refractivity contribution is -0.385. The van der Waals surface area contributed by atoms with Crippen LogP contribution in [-0.2, 0) is 4.74 Å². The van der Waals surface area contributed by atoms with E-state index in [4.69, 9.17) is 14.7 Å². The highest BCUT2D eigenvalue weighted by atomic mass is 16.6. The number of nitro benzene ring substituents is 1. The zero-order valence-corrected chi connectivity index (χ0v) is 11.0. The van der Waals surface area contributed by atoms with Gasteiger partial charge in [-0.15, -0.1) is 0 Å². The SMILES string of the molecule is CC1CNCC(COc2ccc([N+](=O)[O-])c(C#N)c2)O1. The van der Waals surface area contributed by atoms with Crippen molar-refractivity contribution in [2.75, 3.05) is 19.7 Å². The van der Waals surface area contributed by atoms with Crippen LogP contribution in [0.2, 0.25) is 0 Å². The first kappa shape index (κ1) is 14.2. The second-order valence-corrected chi connectivity index (χ2v) is 4.59. The standard InChI is InChI=1S/C13H15N3O4/c1-9-6-15-7-12(20-9)8-19-11-2-3-13(16(17)18)10(4-11)5-14/h2-4,9,12,15H,6-8H2,1H3. The van der Waals surface area contributed by atoms with Crippen LogP contribution in [0.25, 0.3) is 0 Å². The van der Waals surface area contributed by atoms with Crippen molar-refractivity contribution in [2.24, 2.45) is 0 Å². The average molecular weight is 277 g/mol. The van der Waals surface area contributed by atoms with Gasteiger partial charge in [0.1, 0.15) is 30.1 Å². The maximum atomic E-state index is 10.7. The Bertz CT molecular complexity index is 541. The largest absolute Gasteiger partial charge is 0.491 e. The summed E-state index contributed by atoms with van der Waals surface area (Å²) >= 11 is 0. The third-order valence-electron chi connectivity index (χ3n) is 2.95. The molecule has 0 aliphatic carbocycles. The molecule has 0 aromatic heterocycles. The van der Waals surface area contributed by atoms with E-state index in [9.17, 15) is 10.1 Å². The lowest BCUT2D eigenvalue weighted by Crippen LogP contribution is -2.45. The molecular formula is C13H15N3O4. The lowest BCUT2D eigenvalue weighted by atomic mass is 10.2. The maximum absolute atomic E-state index is 10.7. The number of hydrogen-bond donors (Lipinski definition) is 1. The Morgan fingerprint density at radius 2 is 2.40 bits per heavy atom. The number of nitrogens with zero attached hydrogens (tertiary/aromatic N) is 2. The molecule has 1 N–H and O–H groups in total. The molecule has 0 spiro atoms. The third kappa shape index (κ3) is 3.44. The molecule has 7 heteroatoms. The summed E-state index contributed by atoms with van der Waals surface area (Å²) < 4.78 is 11.2. The minimum Gasteiger partial charge on any atom is -0.491 e. The zero-order chi connectivity index (χ0) is 14.5. The van der Waals surface area contributed by atoms with Gasteiger partial charge in [-0.3, -0.25) is 10.1 Å². The number of morpholine rings is 1. The van der Waals surface area contributed by atoms with Crippen LogP contribution in [-0.4, -0.2) is 36.8 Å². The van der Waals surface area contributed by atoms with Gasteiger partial charge in [0.05, 0.1) is 11.0 Å². The first-order valence-corrected chi connectivity index (χ1v) is 6.27. The molecule has 1 fully saturated rings. The van der Waals surface area contributed by atoms with Crippen molar-refractivity contribution in [3.05, 3.63) is 33.9 Å². The van der Waals surface area contributed by atoms with Gasteiger partial charge in [-0.1, -0.05) is 0 Å². The number of nitro groups is 1. The van der Waals surface area contributed by atoms with Crippen LogP contribution in [0, 0.1) is 21.4 Å². The third-order valence-corrected chi connectivity index (χ3v) is 2.95. The van der Waals surface area contributed by atoms with Gasteiger partial charge >= 0.3 is 0 Å². The van der Waals surface area contributed by atoms with Crippen LogP contribution in [0.5, 0.6) is 5.75 Å². The average Bonchev–Trinajstić information content (AvgIpc) is 2.44. The quantitative estimate of drug-likeness (QED) is 0.656. The van der Waals surface area contributed by atoms with Crippen LogP contribution < -0.4 is 10.1 Å². The van der Waals surface area contributed by atoms with E-state index in [-0.39, 0.29) is 23.5 Å². The number of ether oxygens (including phenoxy) is 2. The first-order valence-electron chi connectivity index (χ1n) is 6.27. The van der Waals surface area contributed by atoms with Crippen molar-refractivity contribution >= 4 is 5.69 Å². The van der Waals surface area contributed by atoms with Crippen LogP contribution in [0.15, 0.2) is 18.2 Å². The van der Waals surface area contributed by atoms with Gasteiger partial charge in [0.15, 0.2) is 0 Å². The molecule has 1 aromatic carbocycles. The molecule has 1 saturated heterocycles. The molecule has 0 bridgehead atoms. The summed E-state index contributed by atoms with van der Waals surface area (Å²) in [6.45, 7) is 3.81. The number of nitrogens with one attached hydrogen (secondary N) is 1. The van der Waals surface area contributed by atoms with E-state index in [0.29, 0.717) is 18.9 Å². The highest BCUT2D eigenvalue weighted by Gasteiger charge is 2.20. The molecule has 0 saturated carbocycles. The predicted octanol–water partition coefficient (Wildman–Crippen LogP) is 1.22. The minimum atomic E-state index is -0.585. The second kappa shape index (κ2) is 6.32. The predicted molar refractivity (Wildman–Crippen MR) is 70.5 cm³/mol. The summed E-state index contributed by atoms with van der Waals surface area (Å²) in [5.74, 6) is 0.425. The van der Waals surface area contributed by atoms with Crippen molar-refractivity contribution in [1.29, 1.82) is 5.26 Å². The van der Waals surface area contributed by atoms with Crippen molar-refractivity contribution in [1.82, 2.24) is 5.32 Å². The highest BCUT2D eigenvalue weighted by Crippen LogP contribution is 2.23. The molecule has 2 unspecified atom stereocenters. The van der Waals surface area contributed by atoms with Gasteiger partial charge in [0, 0.05) is 25.2 Å². The van der Waals surface area contributed by atoms with E-state index in [0.717, 1.165) is 6.54 Å². The van der Waals surface area contributed by atoms with E-state index in [1.54, 1.807) is 6.07 Å². The van der Waals surface area contributed by atoms with E-state index >= 15 is 0 Å². The Morgan fingerprint density at radius 3 is 3.05 bits per heavy atom. The van der Waals surface area contributed by atoms with Gasteiger partial charge in [-0.25, -0.2) is 0 Å². The van der Waals surface area contributed by atoms with Crippen LogP contribution in [0.1, 0.15) is 12.5 Å². The molecular weight excluding hydrogens is 262 g/mol. The summed E-state index contributed by atoms with van der Waals surface area (Å²) in [4.78, 5) is 10.1. The molecule has 1 aromatic rings. The molecule has 2 atom stereocenters. The van der Waals surface area contributed by atoms with E-state index in [2.05, 4.69) is 5.32 Å². The molecule has 0 radical (unpaired) electrons. The van der Waals surface area contributed by atoms with E-state index in [1.807, 2.05) is 6.92 Å². The summed E-state index contributed by atoms with van der Waals surface area (Å²) in [7, 11) is 0. The van der Waals surface area contributed by atoms with Gasteiger partial charge in [0.25, 0.3) is 5.69 Å². The van der Waals surface area contributed by atoms with Crippen molar-refractivity contribution in [3.63, 3.8) is 0 Å². The molecule has 0 amide bonds. The summed E-state index contributed by atoms with van der Waals surface area (Å²) in [5, 5.41) is 22.8. The Hall–Kier alpha value is -2.17. The number of rotatable bonds is 4. The van der Waals surface area contributed by atoms with Gasteiger partial charge in [-0.2, -0.15) is 5.26 Å². The molecule has 20 heavy (non-hydrogen) atoms. The minimum absolute atomic E-state index is 0.0106.